The summed E-state index contributed by atoms with van der Waals surface area (Å²) in [6, 6.07) is 0.832. The lowest BCUT2D eigenvalue weighted by Gasteiger charge is -2.23. The number of hydrogen-bond acceptors (Lipinski definition) is 5. The van der Waals surface area contributed by atoms with Crippen LogP contribution in [-0.2, 0) is 0 Å². The second-order valence-electron chi connectivity index (χ2n) is 7.27. The molecule has 22 heavy (non-hydrogen) atoms. The summed E-state index contributed by atoms with van der Waals surface area (Å²) in [7, 11) is 0. The SMILES string of the molecule is CC1CCCN1CCCN1CCN(CCCN2CCSC2)C1. The molecule has 0 spiro atoms. The third-order valence-corrected chi connectivity index (χ3v) is 6.54. The van der Waals surface area contributed by atoms with Crippen LogP contribution in [0.25, 0.3) is 0 Å². The second kappa shape index (κ2) is 8.88. The Hall–Kier alpha value is 0.190. The predicted molar refractivity (Wildman–Crippen MR) is 96.4 cm³/mol. The topological polar surface area (TPSA) is 13.0 Å². The normalized spacial score (nSPS) is 29.0. The molecule has 3 aliphatic rings. The van der Waals surface area contributed by atoms with Crippen molar-refractivity contribution in [1.82, 2.24) is 19.6 Å². The van der Waals surface area contributed by atoms with Crippen LogP contribution in [0.15, 0.2) is 0 Å². The van der Waals surface area contributed by atoms with Gasteiger partial charge in [-0.05, 0) is 45.7 Å². The lowest BCUT2D eigenvalue weighted by molar-refractivity contribution is 0.211. The van der Waals surface area contributed by atoms with Crippen LogP contribution in [0.1, 0.15) is 32.6 Å². The van der Waals surface area contributed by atoms with E-state index in [-0.39, 0.29) is 0 Å². The van der Waals surface area contributed by atoms with E-state index >= 15 is 0 Å². The maximum absolute atomic E-state index is 2.68. The van der Waals surface area contributed by atoms with Gasteiger partial charge >= 0.3 is 0 Å². The van der Waals surface area contributed by atoms with Crippen molar-refractivity contribution in [3.05, 3.63) is 0 Å². The molecule has 0 N–H and O–H groups in total. The molecule has 0 amide bonds. The van der Waals surface area contributed by atoms with Crippen molar-refractivity contribution in [2.75, 3.05) is 70.7 Å². The van der Waals surface area contributed by atoms with E-state index in [9.17, 15) is 0 Å². The van der Waals surface area contributed by atoms with Crippen LogP contribution < -0.4 is 0 Å². The molecule has 5 heteroatoms. The third-order valence-electron chi connectivity index (χ3n) is 5.52. The Balaban J connectivity index is 1.22. The number of thioether (sulfide) groups is 1. The van der Waals surface area contributed by atoms with Crippen molar-refractivity contribution in [3.8, 4) is 0 Å². The molecule has 128 valence electrons. The van der Waals surface area contributed by atoms with Crippen LogP contribution in [0.4, 0.5) is 0 Å². The summed E-state index contributed by atoms with van der Waals surface area (Å²) in [5.74, 6) is 2.61. The summed E-state index contributed by atoms with van der Waals surface area (Å²) in [6.45, 7) is 14.0. The zero-order valence-electron chi connectivity index (χ0n) is 14.4. The maximum atomic E-state index is 2.68. The van der Waals surface area contributed by atoms with Crippen molar-refractivity contribution >= 4 is 11.8 Å². The molecule has 0 bridgehead atoms. The molecule has 1 atom stereocenters. The number of likely N-dealkylation sites (tertiary alicyclic amines) is 1. The van der Waals surface area contributed by atoms with E-state index in [1.165, 1.54) is 96.3 Å². The van der Waals surface area contributed by atoms with Crippen molar-refractivity contribution in [3.63, 3.8) is 0 Å². The van der Waals surface area contributed by atoms with E-state index in [0.29, 0.717) is 0 Å². The molecule has 3 fully saturated rings. The number of hydrogen-bond donors (Lipinski definition) is 0. The van der Waals surface area contributed by atoms with Gasteiger partial charge in [0.1, 0.15) is 0 Å². The Morgan fingerprint density at radius 3 is 2.23 bits per heavy atom. The van der Waals surface area contributed by atoms with Gasteiger partial charge in [-0.25, -0.2) is 0 Å². The molecular formula is C17H34N4S. The molecule has 3 saturated heterocycles. The van der Waals surface area contributed by atoms with Crippen molar-refractivity contribution in [1.29, 1.82) is 0 Å². The van der Waals surface area contributed by atoms with Crippen LogP contribution in [0.3, 0.4) is 0 Å². The Kier molecular flexibility index (Phi) is 6.87. The van der Waals surface area contributed by atoms with Crippen LogP contribution in [0.5, 0.6) is 0 Å². The molecule has 0 aromatic carbocycles. The van der Waals surface area contributed by atoms with Gasteiger partial charge in [0.15, 0.2) is 0 Å². The molecule has 1 unspecified atom stereocenters. The summed E-state index contributed by atoms with van der Waals surface area (Å²) in [5.41, 5.74) is 0. The summed E-state index contributed by atoms with van der Waals surface area (Å²) in [6.07, 6.45) is 5.52. The lowest BCUT2D eigenvalue weighted by Crippen LogP contribution is -2.32. The molecule has 3 heterocycles. The highest BCUT2D eigenvalue weighted by Crippen LogP contribution is 2.17. The molecule has 0 aromatic heterocycles. The molecule has 4 nitrogen and oxygen atoms in total. The fourth-order valence-electron chi connectivity index (χ4n) is 4.04. The first kappa shape index (κ1) is 17.0. The minimum absolute atomic E-state index is 0.832. The summed E-state index contributed by atoms with van der Waals surface area (Å²) in [4.78, 5) is 10.6. The fraction of sp³-hybridized carbons (Fsp3) is 1.00. The molecule has 0 aromatic rings. The zero-order valence-corrected chi connectivity index (χ0v) is 15.2. The van der Waals surface area contributed by atoms with Crippen LogP contribution in [0, 0.1) is 0 Å². The first-order valence-electron chi connectivity index (χ1n) is 9.30. The molecule has 0 radical (unpaired) electrons. The first-order chi connectivity index (χ1) is 10.8. The summed E-state index contributed by atoms with van der Waals surface area (Å²) in [5, 5.41) is 0. The fourth-order valence-corrected chi connectivity index (χ4v) is 5.07. The highest BCUT2D eigenvalue weighted by Gasteiger charge is 2.22. The largest absolute Gasteiger partial charge is 0.301 e. The quantitative estimate of drug-likeness (QED) is 0.673. The summed E-state index contributed by atoms with van der Waals surface area (Å²) < 4.78 is 0. The van der Waals surface area contributed by atoms with Gasteiger partial charge in [0.2, 0.25) is 0 Å². The van der Waals surface area contributed by atoms with Gasteiger partial charge < -0.3 is 4.90 Å². The Morgan fingerprint density at radius 2 is 1.59 bits per heavy atom. The Labute approximate surface area is 141 Å². The molecule has 3 rings (SSSR count). The van der Waals surface area contributed by atoms with Crippen LogP contribution in [0.2, 0.25) is 0 Å². The van der Waals surface area contributed by atoms with Gasteiger partial charge in [0.25, 0.3) is 0 Å². The Morgan fingerprint density at radius 1 is 0.864 bits per heavy atom. The molecule has 3 aliphatic heterocycles. The van der Waals surface area contributed by atoms with Gasteiger partial charge in [-0.1, -0.05) is 0 Å². The van der Waals surface area contributed by atoms with Gasteiger partial charge in [0, 0.05) is 56.9 Å². The minimum Gasteiger partial charge on any atom is -0.301 e. The van der Waals surface area contributed by atoms with Gasteiger partial charge in [0.05, 0.1) is 6.67 Å². The first-order valence-corrected chi connectivity index (χ1v) is 10.5. The second-order valence-corrected chi connectivity index (χ2v) is 8.34. The van der Waals surface area contributed by atoms with Crippen molar-refractivity contribution in [2.24, 2.45) is 0 Å². The minimum atomic E-state index is 0.832. The highest BCUT2D eigenvalue weighted by molar-refractivity contribution is 7.99. The molecule has 0 saturated carbocycles. The van der Waals surface area contributed by atoms with E-state index in [0.717, 1.165) is 6.04 Å². The average molecular weight is 327 g/mol. The van der Waals surface area contributed by atoms with Crippen LogP contribution in [-0.4, -0.2) is 96.3 Å². The standard InChI is InChI=1S/C17H34N4S/c1-17-5-2-9-21(17)10-4-7-19-12-11-18(15-19)6-3-8-20-13-14-22-16-20/h17H,2-16H2,1H3. The Bertz CT molecular complexity index is 322. The zero-order chi connectivity index (χ0) is 15.2. The monoisotopic (exact) mass is 326 g/mol. The van der Waals surface area contributed by atoms with E-state index < -0.39 is 0 Å². The van der Waals surface area contributed by atoms with Crippen molar-refractivity contribution < 1.29 is 0 Å². The van der Waals surface area contributed by atoms with E-state index in [4.69, 9.17) is 0 Å². The lowest BCUT2D eigenvalue weighted by atomic mass is 10.2. The third kappa shape index (κ3) is 5.10. The smallest absolute Gasteiger partial charge is 0.0507 e. The molecular weight excluding hydrogens is 292 g/mol. The number of rotatable bonds is 8. The van der Waals surface area contributed by atoms with Crippen molar-refractivity contribution in [2.45, 2.75) is 38.6 Å². The number of nitrogens with zero attached hydrogens (tertiary/aromatic N) is 4. The van der Waals surface area contributed by atoms with E-state index in [1.807, 2.05) is 0 Å². The molecule has 0 aliphatic carbocycles. The van der Waals surface area contributed by atoms with Gasteiger partial charge in [-0.15, -0.1) is 11.8 Å². The predicted octanol–water partition coefficient (Wildman–Crippen LogP) is 1.83. The average Bonchev–Trinajstić information content (AvgIpc) is 3.23. The van der Waals surface area contributed by atoms with Gasteiger partial charge in [-0.2, -0.15) is 0 Å². The van der Waals surface area contributed by atoms with E-state index in [2.05, 4.69) is 38.3 Å². The maximum Gasteiger partial charge on any atom is 0.0507 e. The highest BCUT2D eigenvalue weighted by atomic mass is 32.2. The van der Waals surface area contributed by atoms with Crippen LogP contribution >= 0.6 is 11.8 Å². The summed E-state index contributed by atoms with van der Waals surface area (Å²) >= 11 is 2.08. The van der Waals surface area contributed by atoms with E-state index in [1.54, 1.807) is 0 Å². The van der Waals surface area contributed by atoms with Gasteiger partial charge in [-0.3, -0.25) is 14.7 Å².